The Morgan fingerprint density at radius 2 is 1.71 bits per heavy atom. The Morgan fingerprint density at radius 1 is 1.03 bits per heavy atom. The number of amides is 2. The van der Waals surface area contributed by atoms with Crippen molar-refractivity contribution in [2.24, 2.45) is 11.1 Å². The summed E-state index contributed by atoms with van der Waals surface area (Å²) in [5.41, 5.74) is 2.76. The number of carbonyl (C=O) groups is 2. The maximum Gasteiger partial charge on any atom is 0.269 e. The van der Waals surface area contributed by atoms with Gasteiger partial charge in [0.1, 0.15) is 0 Å². The minimum Gasteiger partial charge on any atom is -0.379 e. The van der Waals surface area contributed by atoms with E-state index >= 15 is 0 Å². The van der Waals surface area contributed by atoms with Crippen LogP contribution in [0.15, 0.2) is 59.8 Å². The van der Waals surface area contributed by atoms with E-state index in [2.05, 4.69) is 29.4 Å². The van der Waals surface area contributed by atoms with Gasteiger partial charge in [-0.25, -0.2) is 0 Å². The van der Waals surface area contributed by atoms with Crippen LogP contribution in [0.1, 0.15) is 60.5 Å². The molecule has 2 fully saturated rings. The first kappa shape index (κ1) is 22.6. The van der Waals surface area contributed by atoms with Crippen molar-refractivity contribution < 1.29 is 14.4 Å². The van der Waals surface area contributed by atoms with Crippen LogP contribution in [-0.2, 0) is 16.1 Å². The topological polar surface area (TPSA) is 62.2 Å². The normalized spacial score (nSPS) is 22.8. The summed E-state index contributed by atoms with van der Waals surface area (Å²) in [6.07, 6.45) is 5.72. The number of oxime groups is 1. The zero-order chi connectivity index (χ0) is 23.7. The Balaban J connectivity index is 1.15. The van der Waals surface area contributed by atoms with Crippen LogP contribution in [0.3, 0.4) is 0 Å². The van der Waals surface area contributed by atoms with Crippen molar-refractivity contribution in [2.45, 2.75) is 57.1 Å². The van der Waals surface area contributed by atoms with Gasteiger partial charge in [0.2, 0.25) is 5.60 Å². The van der Waals surface area contributed by atoms with Crippen LogP contribution in [0.5, 0.6) is 0 Å². The number of nitrogens with zero attached hydrogens (tertiary/aromatic N) is 3. The second kappa shape index (κ2) is 9.24. The summed E-state index contributed by atoms with van der Waals surface area (Å²) in [4.78, 5) is 35.3. The van der Waals surface area contributed by atoms with Crippen LogP contribution in [0.2, 0.25) is 0 Å². The van der Waals surface area contributed by atoms with Crippen LogP contribution >= 0.6 is 0 Å². The molecule has 1 aliphatic carbocycles. The molecule has 0 aromatic heterocycles. The highest BCUT2D eigenvalue weighted by Gasteiger charge is 2.46. The van der Waals surface area contributed by atoms with E-state index in [1.54, 1.807) is 4.90 Å². The van der Waals surface area contributed by atoms with Crippen molar-refractivity contribution in [2.75, 3.05) is 20.1 Å². The van der Waals surface area contributed by atoms with E-state index in [0.717, 1.165) is 56.5 Å². The van der Waals surface area contributed by atoms with Gasteiger partial charge in [0.25, 0.3) is 11.8 Å². The Morgan fingerprint density at radius 3 is 2.35 bits per heavy atom. The predicted molar refractivity (Wildman–Crippen MR) is 132 cm³/mol. The van der Waals surface area contributed by atoms with Crippen molar-refractivity contribution in [1.82, 2.24) is 9.80 Å². The van der Waals surface area contributed by atoms with Gasteiger partial charge in [0.05, 0.1) is 5.71 Å². The van der Waals surface area contributed by atoms with Crippen LogP contribution in [0.25, 0.3) is 0 Å². The van der Waals surface area contributed by atoms with Crippen LogP contribution < -0.4 is 0 Å². The van der Waals surface area contributed by atoms with Gasteiger partial charge in [-0.3, -0.25) is 9.59 Å². The summed E-state index contributed by atoms with van der Waals surface area (Å²) >= 11 is 0. The van der Waals surface area contributed by atoms with E-state index in [0.29, 0.717) is 23.9 Å². The molecule has 178 valence electrons. The van der Waals surface area contributed by atoms with Gasteiger partial charge >= 0.3 is 0 Å². The molecule has 1 saturated heterocycles. The first-order chi connectivity index (χ1) is 16.4. The monoisotopic (exact) mass is 459 g/mol. The molecule has 2 heterocycles. The molecule has 2 aromatic carbocycles. The highest BCUT2D eigenvalue weighted by atomic mass is 16.7. The quantitative estimate of drug-likeness (QED) is 0.648. The third-order valence-electron chi connectivity index (χ3n) is 7.46. The average Bonchev–Trinajstić information content (AvgIpc) is 3.65. The number of likely N-dealkylation sites (N-methyl/N-ethyl adjacent to an activating group) is 1. The number of benzene rings is 2. The summed E-state index contributed by atoms with van der Waals surface area (Å²) in [6.45, 7) is 3.41. The molecule has 34 heavy (non-hydrogen) atoms. The summed E-state index contributed by atoms with van der Waals surface area (Å²) < 4.78 is 0. The summed E-state index contributed by atoms with van der Waals surface area (Å²) in [5.74, 6) is 0.696. The zero-order valence-electron chi connectivity index (χ0n) is 20.1. The van der Waals surface area contributed by atoms with Gasteiger partial charge < -0.3 is 14.6 Å². The zero-order valence-corrected chi connectivity index (χ0v) is 20.1. The van der Waals surface area contributed by atoms with E-state index < -0.39 is 5.60 Å². The van der Waals surface area contributed by atoms with Gasteiger partial charge in [0.15, 0.2) is 0 Å². The third kappa shape index (κ3) is 4.72. The molecule has 2 amide bonds. The lowest BCUT2D eigenvalue weighted by Gasteiger charge is -2.32. The van der Waals surface area contributed by atoms with Crippen LogP contribution in [0.4, 0.5) is 0 Å². The second-order valence-electron chi connectivity index (χ2n) is 10.2. The number of hydrogen-bond acceptors (Lipinski definition) is 4. The lowest BCUT2D eigenvalue weighted by molar-refractivity contribution is -0.152. The smallest absolute Gasteiger partial charge is 0.269 e. The summed E-state index contributed by atoms with van der Waals surface area (Å²) in [5, 5.41) is 4.22. The minimum absolute atomic E-state index is 0.0174. The number of carbonyl (C=O) groups excluding carboxylic acids is 2. The van der Waals surface area contributed by atoms with Gasteiger partial charge in [-0.05, 0) is 68.2 Å². The lowest BCUT2D eigenvalue weighted by atomic mass is 9.90. The molecule has 6 nitrogen and oxygen atoms in total. The maximum atomic E-state index is 13.1. The van der Waals surface area contributed by atoms with Crippen molar-refractivity contribution in [3.05, 3.63) is 71.3 Å². The SMILES string of the molecule is CN(C(=O)C1(C)CC(c2ccc(C(=O)N3CCC(Cc4ccccc4)CC3)cc2)=NO1)C1CC1. The first-order valence-electron chi connectivity index (χ1n) is 12.4. The molecule has 6 heteroatoms. The molecule has 0 bridgehead atoms. The Hall–Kier alpha value is -3.15. The average molecular weight is 460 g/mol. The van der Waals surface area contributed by atoms with Gasteiger partial charge in [-0.1, -0.05) is 47.6 Å². The highest BCUT2D eigenvalue weighted by molar-refractivity contribution is 6.06. The van der Waals surface area contributed by atoms with Gasteiger partial charge in [-0.15, -0.1) is 0 Å². The van der Waals surface area contributed by atoms with Crippen LogP contribution in [0, 0.1) is 5.92 Å². The summed E-state index contributed by atoms with van der Waals surface area (Å²) in [6, 6.07) is 18.5. The van der Waals surface area contributed by atoms with E-state index in [1.807, 2.05) is 49.2 Å². The van der Waals surface area contributed by atoms with Crippen molar-refractivity contribution in [3.63, 3.8) is 0 Å². The lowest BCUT2D eigenvalue weighted by Crippen LogP contribution is -2.46. The Bertz CT molecular complexity index is 1070. The predicted octanol–water partition coefficient (Wildman–Crippen LogP) is 4.29. The van der Waals surface area contributed by atoms with Crippen molar-refractivity contribution in [3.8, 4) is 0 Å². The second-order valence-corrected chi connectivity index (χ2v) is 10.2. The Kier molecular flexibility index (Phi) is 6.15. The minimum atomic E-state index is -0.953. The third-order valence-corrected chi connectivity index (χ3v) is 7.46. The van der Waals surface area contributed by atoms with E-state index in [-0.39, 0.29) is 11.8 Å². The first-order valence-corrected chi connectivity index (χ1v) is 12.4. The molecular weight excluding hydrogens is 426 g/mol. The van der Waals surface area contributed by atoms with E-state index in [9.17, 15) is 9.59 Å². The maximum absolute atomic E-state index is 13.1. The molecule has 0 N–H and O–H groups in total. The molecule has 2 aromatic rings. The number of rotatable bonds is 6. The van der Waals surface area contributed by atoms with Crippen LogP contribution in [-0.4, -0.2) is 59.1 Å². The van der Waals surface area contributed by atoms with Gasteiger partial charge in [-0.2, -0.15) is 0 Å². The standard InChI is InChI=1S/C28H33N3O3/c1-28(27(33)30(2)24-12-13-24)19-25(29-34-28)22-8-10-23(11-9-22)26(32)31-16-14-21(15-17-31)18-20-6-4-3-5-7-20/h3-11,21,24H,12-19H2,1-2H3. The molecular formula is C28H33N3O3. The highest BCUT2D eigenvalue weighted by Crippen LogP contribution is 2.33. The molecule has 2 aliphatic heterocycles. The van der Waals surface area contributed by atoms with Gasteiger partial charge in [0, 0.05) is 38.2 Å². The molecule has 5 rings (SSSR count). The number of piperidine rings is 1. The molecule has 0 spiro atoms. The van der Waals surface area contributed by atoms with E-state index in [4.69, 9.17) is 4.84 Å². The molecule has 1 atom stereocenters. The van der Waals surface area contributed by atoms with Crippen molar-refractivity contribution >= 4 is 17.5 Å². The van der Waals surface area contributed by atoms with E-state index in [1.165, 1.54) is 5.56 Å². The largest absolute Gasteiger partial charge is 0.379 e. The number of hydrogen-bond donors (Lipinski definition) is 0. The fourth-order valence-electron chi connectivity index (χ4n) is 5.09. The number of likely N-dealkylation sites (tertiary alicyclic amines) is 1. The molecule has 1 unspecified atom stereocenters. The fourth-order valence-corrected chi connectivity index (χ4v) is 5.09. The van der Waals surface area contributed by atoms with Crippen molar-refractivity contribution in [1.29, 1.82) is 0 Å². The summed E-state index contributed by atoms with van der Waals surface area (Å²) in [7, 11) is 1.84. The Labute approximate surface area is 201 Å². The molecule has 0 radical (unpaired) electrons. The molecule has 1 saturated carbocycles. The molecule has 3 aliphatic rings. The fraction of sp³-hybridized carbons (Fsp3) is 0.464.